The smallest absolute Gasteiger partial charge is 0.119 e. The normalized spacial score (nSPS) is 22.4. The zero-order valence-electron chi connectivity index (χ0n) is 14.3. The molecule has 0 saturated carbocycles. The van der Waals surface area contributed by atoms with E-state index in [-0.39, 0.29) is 12.4 Å². The molecule has 1 saturated heterocycles. The summed E-state index contributed by atoms with van der Waals surface area (Å²) in [6.07, 6.45) is 2.56. The Balaban J connectivity index is 0.00000169. The minimum Gasteiger partial charge on any atom is -0.494 e. The van der Waals surface area contributed by atoms with Crippen LogP contribution in [0.5, 0.6) is 5.75 Å². The summed E-state index contributed by atoms with van der Waals surface area (Å²) < 4.78 is 5.68. The number of ether oxygens (including phenoxy) is 1. The van der Waals surface area contributed by atoms with Gasteiger partial charge in [-0.05, 0) is 60.4 Å². The van der Waals surface area contributed by atoms with Crippen molar-refractivity contribution in [3.8, 4) is 5.75 Å². The zero-order valence-corrected chi connectivity index (χ0v) is 15.1. The Morgan fingerprint density at radius 2 is 1.92 bits per heavy atom. The van der Waals surface area contributed by atoms with Crippen molar-refractivity contribution in [1.29, 1.82) is 0 Å². The fourth-order valence-corrected chi connectivity index (χ4v) is 4.37. The lowest BCUT2D eigenvalue weighted by Gasteiger charge is -2.42. The van der Waals surface area contributed by atoms with Gasteiger partial charge in [-0.25, -0.2) is 0 Å². The molecule has 1 aliphatic heterocycles. The first-order chi connectivity index (χ1) is 11.3. The van der Waals surface area contributed by atoms with Crippen LogP contribution in [0.25, 0.3) is 0 Å². The summed E-state index contributed by atoms with van der Waals surface area (Å²) in [5.74, 6) is 2.52. The van der Waals surface area contributed by atoms with E-state index in [1.54, 1.807) is 5.56 Å². The Bertz CT molecular complexity index is 673. The second kappa shape index (κ2) is 7.58. The van der Waals surface area contributed by atoms with E-state index < -0.39 is 0 Å². The first-order valence-corrected chi connectivity index (χ1v) is 8.83. The third-order valence-electron chi connectivity index (χ3n) is 5.24. The van der Waals surface area contributed by atoms with Gasteiger partial charge in [-0.3, -0.25) is 4.90 Å². The Morgan fingerprint density at radius 3 is 2.71 bits per heavy atom. The number of hydrogen-bond donors (Lipinski definition) is 0. The second-order valence-corrected chi connectivity index (χ2v) is 6.98. The highest BCUT2D eigenvalue weighted by Gasteiger charge is 2.34. The third-order valence-corrected chi connectivity index (χ3v) is 5.24. The fourth-order valence-electron chi connectivity index (χ4n) is 4.37. The van der Waals surface area contributed by atoms with Gasteiger partial charge in [0, 0.05) is 19.6 Å². The van der Waals surface area contributed by atoms with Crippen LogP contribution in [0.15, 0.2) is 48.5 Å². The van der Waals surface area contributed by atoms with Crippen molar-refractivity contribution in [3.05, 3.63) is 65.2 Å². The summed E-state index contributed by atoms with van der Waals surface area (Å²) >= 11 is 0. The minimum atomic E-state index is 0. The number of rotatable bonds is 4. The van der Waals surface area contributed by atoms with Crippen LogP contribution < -0.4 is 4.74 Å². The Kier molecular flexibility index (Phi) is 5.47. The molecule has 2 aliphatic rings. The molecule has 2 nitrogen and oxygen atoms in total. The molecule has 2 bridgehead atoms. The molecule has 128 valence electrons. The summed E-state index contributed by atoms with van der Waals surface area (Å²) in [6, 6.07) is 17.6. The molecule has 4 rings (SSSR count). The maximum atomic E-state index is 5.68. The van der Waals surface area contributed by atoms with E-state index >= 15 is 0 Å². The van der Waals surface area contributed by atoms with Crippen LogP contribution in [0.4, 0.5) is 0 Å². The highest BCUT2D eigenvalue weighted by atomic mass is 35.5. The molecule has 1 heterocycles. The highest BCUT2D eigenvalue weighted by Crippen LogP contribution is 2.40. The van der Waals surface area contributed by atoms with Gasteiger partial charge in [0.05, 0.1) is 6.61 Å². The van der Waals surface area contributed by atoms with Gasteiger partial charge in [0.15, 0.2) is 0 Å². The molecule has 0 N–H and O–H groups in total. The minimum absolute atomic E-state index is 0. The van der Waals surface area contributed by atoms with Crippen molar-refractivity contribution in [2.45, 2.75) is 32.2 Å². The van der Waals surface area contributed by atoms with Crippen LogP contribution in [0.2, 0.25) is 0 Å². The average Bonchev–Trinajstić information content (AvgIpc) is 2.55. The van der Waals surface area contributed by atoms with E-state index in [4.69, 9.17) is 4.74 Å². The molecule has 2 unspecified atom stereocenters. The van der Waals surface area contributed by atoms with Crippen molar-refractivity contribution in [2.75, 3.05) is 19.7 Å². The van der Waals surface area contributed by atoms with Gasteiger partial charge >= 0.3 is 0 Å². The Labute approximate surface area is 151 Å². The third kappa shape index (κ3) is 3.60. The number of likely N-dealkylation sites (tertiary alicyclic amines) is 1. The predicted octanol–water partition coefficient (Wildman–Crippen LogP) is 4.67. The van der Waals surface area contributed by atoms with Crippen LogP contribution in [-0.4, -0.2) is 24.6 Å². The number of fused-ring (bicyclic) bond motifs is 4. The molecular formula is C21H26ClNO. The second-order valence-electron chi connectivity index (χ2n) is 6.98. The largest absolute Gasteiger partial charge is 0.494 e. The fraction of sp³-hybridized carbons (Fsp3) is 0.429. The molecule has 1 aliphatic carbocycles. The Morgan fingerprint density at radius 1 is 1.08 bits per heavy atom. The maximum absolute atomic E-state index is 5.68. The molecule has 2 aromatic carbocycles. The number of halogens is 1. The number of piperidine rings is 1. The van der Waals surface area contributed by atoms with Crippen molar-refractivity contribution in [3.63, 3.8) is 0 Å². The van der Waals surface area contributed by atoms with Crippen LogP contribution >= 0.6 is 12.4 Å². The zero-order chi connectivity index (χ0) is 15.6. The number of hydrogen-bond acceptors (Lipinski definition) is 2. The molecule has 24 heavy (non-hydrogen) atoms. The summed E-state index contributed by atoms with van der Waals surface area (Å²) in [4.78, 5) is 2.65. The quantitative estimate of drug-likeness (QED) is 0.800. The lowest BCUT2D eigenvalue weighted by atomic mass is 9.74. The van der Waals surface area contributed by atoms with Gasteiger partial charge in [-0.1, -0.05) is 36.4 Å². The predicted molar refractivity (Wildman–Crippen MR) is 101 cm³/mol. The van der Waals surface area contributed by atoms with Gasteiger partial charge in [0.1, 0.15) is 5.75 Å². The first kappa shape index (κ1) is 17.3. The molecule has 0 amide bonds. The molecule has 0 radical (unpaired) electrons. The average molecular weight is 344 g/mol. The number of nitrogens with zero attached hydrogens (tertiary/aromatic N) is 1. The number of benzene rings is 2. The van der Waals surface area contributed by atoms with Crippen molar-refractivity contribution in [1.82, 2.24) is 4.90 Å². The molecule has 0 spiro atoms. The van der Waals surface area contributed by atoms with E-state index in [2.05, 4.69) is 60.4 Å². The van der Waals surface area contributed by atoms with Gasteiger partial charge in [-0.2, -0.15) is 0 Å². The van der Waals surface area contributed by atoms with Crippen molar-refractivity contribution in [2.24, 2.45) is 5.92 Å². The monoisotopic (exact) mass is 343 g/mol. The summed E-state index contributed by atoms with van der Waals surface area (Å²) in [6.45, 7) is 6.29. The van der Waals surface area contributed by atoms with Gasteiger partial charge in [0.25, 0.3) is 0 Å². The molecular weight excluding hydrogens is 318 g/mol. The standard InChI is InChI=1S/C21H25NO.ClH/c1-2-23-20-8-9-21-18(12-20)10-17-11-19(21)15-22(14-17)13-16-6-4-3-5-7-16;/h3-9,12,17,19H,2,10-11,13-15H2,1H3;1H. The van der Waals surface area contributed by atoms with E-state index in [1.165, 1.54) is 37.1 Å². The lowest BCUT2D eigenvalue weighted by molar-refractivity contribution is 0.138. The topological polar surface area (TPSA) is 12.5 Å². The molecule has 2 atom stereocenters. The van der Waals surface area contributed by atoms with E-state index in [0.717, 1.165) is 24.8 Å². The first-order valence-electron chi connectivity index (χ1n) is 8.83. The van der Waals surface area contributed by atoms with Gasteiger partial charge < -0.3 is 4.74 Å². The Hall–Kier alpha value is -1.51. The van der Waals surface area contributed by atoms with Crippen LogP contribution in [0.3, 0.4) is 0 Å². The molecule has 1 fully saturated rings. The molecule has 2 aromatic rings. The van der Waals surface area contributed by atoms with E-state index in [1.807, 2.05) is 0 Å². The van der Waals surface area contributed by atoms with Crippen LogP contribution in [0, 0.1) is 5.92 Å². The van der Waals surface area contributed by atoms with E-state index in [0.29, 0.717) is 5.92 Å². The summed E-state index contributed by atoms with van der Waals surface area (Å²) in [5.41, 5.74) is 4.51. The van der Waals surface area contributed by atoms with E-state index in [9.17, 15) is 0 Å². The van der Waals surface area contributed by atoms with Gasteiger partial charge in [-0.15, -0.1) is 12.4 Å². The van der Waals surface area contributed by atoms with Crippen molar-refractivity contribution < 1.29 is 4.74 Å². The van der Waals surface area contributed by atoms with Gasteiger partial charge in [0.2, 0.25) is 0 Å². The molecule has 0 aromatic heterocycles. The molecule has 3 heteroatoms. The van der Waals surface area contributed by atoms with Crippen LogP contribution in [0.1, 0.15) is 36.0 Å². The van der Waals surface area contributed by atoms with Crippen LogP contribution in [-0.2, 0) is 13.0 Å². The maximum Gasteiger partial charge on any atom is 0.119 e. The highest BCUT2D eigenvalue weighted by molar-refractivity contribution is 5.85. The van der Waals surface area contributed by atoms with Crippen molar-refractivity contribution >= 4 is 12.4 Å². The SMILES string of the molecule is CCOc1ccc2c(c1)CC1CC2CN(Cc2ccccc2)C1.Cl. The lowest BCUT2D eigenvalue weighted by Crippen LogP contribution is -2.42. The summed E-state index contributed by atoms with van der Waals surface area (Å²) in [7, 11) is 0. The summed E-state index contributed by atoms with van der Waals surface area (Å²) in [5, 5.41) is 0.